The predicted molar refractivity (Wildman–Crippen MR) is 120 cm³/mol. The van der Waals surface area contributed by atoms with Gasteiger partial charge in [0.05, 0.1) is 5.69 Å². The van der Waals surface area contributed by atoms with Gasteiger partial charge >= 0.3 is 0 Å². The van der Waals surface area contributed by atoms with E-state index in [0.717, 1.165) is 22.4 Å². The van der Waals surface area contributed by atoms with Crippen molar-refractivity contribution in [3.05, 3.63) is 87.4 Å². The fraction of sp³-hybridized carbons (Fsp3) is 0.130. The number of carbonyl (C=O) groups is 1. The van der Waals surface area contributed by atoms with Crippen molar-refractivity contribution in [3.8, 4) is 5.75 Å². The van der Waals surface area contributed by atoms with Crippen LogP contribution in [0.2, 0.25) is 10.0 Å². The highest BCUT2D eigenvalue weighted by Crippen LogP contribution is 2.23. The second kappa shape index (κ2) is 9.59. The zero-order chi connectivity index (χ0) is 20.8. The van der Waals surface area contributed by atoms with Crippen molar-refractivity contribution in [1.29, 1.82) is 0 Å². The molecule has 0 aliphatic rings. The number of aryl methyl sites for hydroxylation is 2. The first-order chi connectivity index (χ1) is 13.9. The molecule has 148 valence electrons. The third kappa shape index (κ3) is 6.08. The monoisotopic (exact) mass is 426 g/mol. The molecule has 0 unspecified atom stereocenters. The summed E-state index contributed by atoms with van der Waals surface area (Å²) in [5.74, 6) is 0.312. The molecule has 0 bridgehead atoms. The van der Waals surface area contributed by atoms with E-state index in [1.165, 1.54) is 0 Å². The van der Waals surface area contributed by atoms with Gasteiger partial charge in [-0.3, -0.25) is 9.79 Å². The van der Waals surface area contributed by atoms with Gasteiger partial charge in [-0.1, -0.05) is 47.5 Å². The van der Waals surface area contributed by atoms with E-state index in [-0.39, 0.29) is 12.5 Å². The van der Waals surface area contributed by atoms with Crippen molar-refractivity contribution in [2.45, 2.75) is 13.8 Å². The Hall–Kier alpha value is -2.82. The van der Waals surface area contributed by atoms with Gasteiger partial charge in [-0.25, -0.2) is 0 Å². The predicted octanol–water partition coefficient (Wildman–Crippen LogP) is 6.38. The molecule has 0 aliphatic carbocycles. The van der Waals surface area contributed by atoms with Gasteiger partial charge in [0, 0.05) is 21.9 Å². The van der Waals surface area contributed by atoms with Gasteiger partial charge < -0.3 is 10.1 Å². The van der Waals surface area contributed by atoms with Crippen LogP contribution in [0.3, 0.4) is 0 Å². The standard InChI is InChI=1S/C23H20Cl2N2O2/c1-15-7-9-19(12-21(15)25)27-23(28)14-29-20-5-3-4-17(10-20)13-26-22-11-18(24)8-6-16(22)2/h3-13H,14H2,1-2H3,(H,27,28). The number of rotatable bonds is 6. The molecule has 4 nitrogen and oxygen atoms in total. The van der Waals surface area contributed by atoms with Crippen molar-refractivity contribution in [2.24, 2.45) is 4.99 Å². The first-order valence-electron chi connectivity index (χ1n) is 9.00. The molecular formula is C23H20Cl2N2O2. The lowest BCUT2D eigenvalue weighted by molar-refractivity contribution is -0.118. The number of hydrogen-bond acceptors (Lipinski definition) is 3. The summed E-state index contributed by atoms with van der Waals surface area (Å²) in [7, 11) is 0. The van der Waals surface area contributed by atoms with E-state index < -0.39 is 0 Å². The fourth-order valence-electron chi connectivity index (χ4n) is 2.57. The van der Waals surface area contributed by atoms with E-state index >= 15 is 0 Å². The van der Waals surface area contributed by atoms with E-state index in [0.29, 0.717) is 21.5 Å². The maximum absolute atomic E-state index is 12.1. The first kappa shape index (κ1) is 20.9. The van der Waals surface area contributed by atoms with Crippen LogP contribution < -0.4 is 10.1 Å². The Balaban J connectivity index is 1.60. The minimum absolute atomic E-state index is 0.112. The highest BCUT2D eigenvalue weighted by atomic mass is 35.5. The lowest BCUT2D eigenvalue weighted by Crippen LogP contribution is -2.20. The highest BCUT2D eigenvalue weighted by molar-refractivity contribution is 6.31. The second-order valence-electron chi connectivity index (χ2n) is 6.56. The van der Waals surface area contributed by atoms with E-state index in [4.69, 9.17) is 27.9 Å². The number of benzene rings is 3. The van der Waals surface area contributed by atoms with Crippen LogP contribution in [0.25, 0.3) is 0 Å². The van der Waals surface area contributed by atoms with E-state index in [9.17, 15) is 4.79 Å². The lowest BCUT2D eigenvalue weighted by atomic mass is 10.2. The average molecular weight is 427 g/mol. The minimum atomic E-state index is -0.265. The molecule has 0 aliphatic heterocycles. The van der Waals surface area contributed by atoms with Crippen molar-refractivity contribution in [1.82, 2.24) is 0 Å². The molecule has 29 heavy (non-hydrogen) atoms. The summed E-state index contributed by atoms with van der Waals surface area (Å²) in [4.78, 5) is 16.6. The number of ether oxygens (including phenoxy) is 1. The van der Waals surface area contributed by atoms with Gasteiger partial charge in [-0.2, -0.15) is 0 Å². The molecule has 0 saturated carbocycles. The number of nitrogens with zero attached hydrogens (tertiary/aromatic N) is 1. The zero-order valence-electron chi connectivity index (χ0n) is 16.1. The maximum atomic E-state index is 12.1. The maximum Gasteiger partial charge on any atom is 0.262 e. The van der Waals surface area contributed by atoms with Crippen LogP contribution >= 0.6 is 23.2 Å². The van der Waals surface area contributed by atoms with Crippen LogP contribution in [-0.2, 0) is 4.79 Å². The van der Waals surface area contributed by atoms with Gasteiger partial charge in [0.1, 0.15) is 5.75 Å². The molecule has 3 aromatic rings. The summed E-state index contributed by atoms with van der Waals surface area (Å²) in [6.07, 6.45) is 1.74. The summed E-state index contributed by atoms with van der Waals surface area (Å²) in [5, 5.41) is 4.01. The Kier molecular flexibility index (Phi) is 6.91. The average Bonchev–Trinajstić information content (AvgIpc) is 2.70. The first-order valence-corrected chi connectivity index (χ1v) is 9.75. The Labute approximate surface area is 180 Å². The fourth-order valence-corrected chi connectivity index (χ4v) is 2.91. The van der Waals surface area contributed by atoms with Gasteiger partial charge in [0.25, 0.3) is 5.91 Å². The molecule has 0 heterocycles. The number of hydrogen-bond donors (Lipinski definition) is 1. The molecule has 3 aromatic carbocycles. The molecule has 0 aromatic heterocycles. The number of halogens is 2. The van der Waals surface area contributed by atoms with Crippen LogP contribution in [0.15, 0.2) is 65.7 Å². The molecule has 0 atom stereocenters. The van der Waals surface area contributed by atoms with Crippen LogP contribution in [0.5, 0.6) is 5.75 Å². The van der Waals surface area contributed by atoms with Gasteiger partial charge in [0.2, 0.25) is 0 Å². The SMILES string of the molecule is Cc1ccc(NC(=O)COc2cccc(C=Nc3cc(Cl)ccc3C)c2)cc1Cl. The zero-order valence-corrected chi connectivity index (χ0v) is 17.6. The molecule has 0 saturated heterocycles. The number of nitrogens with one attached hydrogen (secondary N) is 1. The molecule has 1 amide bonds. The second-order valence-corrected chi connectivity index (χ2v) is 7.41. The van der Waals surface area contributed by atoms with Crippen molar-refractivity contribution < 1.29 is 9.53 Å². The van der Waals surface area contributed by atoms with E-state index in [2.05, 4.69) is 10.3 Å². The van der Waals surface area contributed by atoms with Gasteiger partial charge in [-0.05, 0) is 66.9 Å². The third-order valence-corrected chi connectivity index (χ3v) is 4.85. The summed E-state index contributed by atoms with van der Waals surface area (Å²) >= 11 is 12.1. The van der Waals surface area contributed by atoms with Gasteiger partial charge in [0.15, 0.2) is 6.61 Å². The topological polar surface area (TPSA) is 50.7 Å². The normalized spacial score (nSPS) is 10.9. The summed E-state index contributed by atoms with van der Waals surface area (Å²) in [6, 6.07) is 18.3. The van der Waals surface area contributed by atoms with Crippen LogP contribution in [0.1, 0.15) is 16.7 Å². The molecule has 0 fully saturated rings. The lowest BCUT2D eigenvalue weighted by Gasteiger charge is -2.09. The van der Waals surface area contributed by atoms with E-state index in [1.54, 1.807) is 24.4 Å². The smallest absolute Gasteiger partial charge is 0.262 e. The van der Waals surface area contributed by atoms with Crippen molar-refractivity contribution in [3.63, 3.8) is 0 Å². The summed E-state index contributed by atoms with van der Waals surface area (Å²) < 4.78 is 5.60. The molecule has 3 rings (SSSR count). The number of aliphatic imine (C=N–C) groups is 1. The van der Waals surface area contributed by atoms with Gasteiger partial charge in [-0.15, -0.1) is 0 Å². The largest absolute Gasteiger partial charge is 0.484 e. The van der Waals surface area contributed by atoms with Crippen molar-refractivity contribution in [2.75, 3.05) is 11.9 Å². The van der Waals surface area contributed by atoms with Crippen molar-refractivity contribution >= 4 is 46.7 Å². The Morgan fingerprint density at radius 2 is 1.83 bits per heavy atom. The van der Waals surface area contributed by atoms with E-state index in [1.807, 2.05) is 56.3 Å². The number of amides is 1. The molecule has 1 N–H and O–H groups in total. The molecule has 0 radical (unpaired) electrons. The minimum Gasteiger partial charge on any atom is -0.484 e. The number of carbonyl (C=O) groups excluding carboxylic acids is 1. The third-order valence-electron chi connectivity index (χ3n) is 4.21. The molecule has 6 heteroatoms. The Morgan fingerprint density at radius 3 is 2.62 bits per heavy atom. The quantitative estimate of drug-likeness (QED) is 0.464. The Bertz CT molecular complexity index is 1060. The summed E-state index contributed by atoms with van der Waals surface area (Å²) in [6.45, 7) is 3.77. The number of anilines is 1. The molecule has 0 spiro atoms. The van der Waals surface area contributed by atoms with Crippen LogP contribution in [0, 0.1) is 13.8 Å². The highest BCUT2D eigenvalue weighted by Gasteiger charge is 2.06. The molecular weight excluding hydrogens is 407 g/mol. The summed E-state index contributed by atoms with van der Waals surface area (Å²) in [5.41, 5.74) is 4.28. The van der Waals surface area contributed by atoms with Crippen LogP contribution in [-0.4, -0.2) is 18.7 Å². The Morgan fingerprint density at radius 1 is 1.03 bits per heavy atom. The van der Waals surface area contributed by atoms with Crippen LogP contribution in [0.4, 0.5) is 11.4 Å².